The van der Waals surface area contributed by atoms with Crippen molar-refractivity contribution in [3.63, 3.8) is 0 Å². The molecule has 0 heterocycles. The van der Waals surface area contributed by atoms with Crippen LogP contribution in [0.25, 0.3) is 5.57 Å². The molecule has 1 fully saturated rings. The maximum Gasteiger partial charge on any atom is 0.303 e. The fourth-order valence-electron chi connectivity index (χ4n) is 4.42. The second kappa shape index (κ2) is 9.39. The number of hydrogen-bond acceptors (Lipinski definition) is 3. The summed E-state index contributed by atoms with van der Waals surface area (Å²) in [5.74, 6) is 0.0997. The van der Waals surface area contributed by atoms with E-state index in [1.807, 2.05) is 24.3 Å². The van der Waals surface area contributed by atoms with Gasteiger partial charge in [-0.2, -0.15) is 5.26 Å². The fourth-order valence-corrected chi connectivity index (χ4v) is 4.42. The van der Waals surface area contributed by atoms with Gasteiger partial charge in [-0.15, -0.1) is 0 Å². The Morgan fingerprint density at radius 2 is 1.74 bits per heavy atom. The maximum absolute atomic E-state index is 10.6. The summed E-state index contributed by atoms with van der Waals surface area (Å²) >= 11 is 0. The Bertz CT molecular complexity index is 992. The highest BCUT2D eigenvalue weighted by molar-refractivity contribution is 5.70. The number of ether oxygens (including phenoxy) is 1. The Labute approximate surface area is 184 Å². The highest BCUT2D eigenvalue weighted by atomic mass is 16.5. The van der Waals surface area contributed by atoms with Crippen molar-refractivity contribution < 1.29 is 14.6 Å². The molecule has 2 aliphatic rings. The number of hydrogen-bond donors (Lipinski definition) is 1. The van der Waals surface area contributed by atoms with Crippen molar-refractivity contribution in [2.24, 2.45) is 0 Å². The first-order valence-electron chi connectivity index (χ1n) is 11.3. The third-order valence-electron chi connectivity index (χ3n) is 6.52. The second-order valence-corrected chi connectivity index (χ2v) is 8.74. The van der Waals surface area contributed by atoms with Gasteiger partial charge in [0.2, 0.25) is 0 Å². The van der Waals surface area contributed by atoms with Crippen LogP contribution in [-0.2, 0) is 16.6 Å². The zero-order valence-corrected chi connectivity index (χ0v) is 17.9. The zero-order valence-electron chi connectivity index (χ0n) is 17.9. The van der Waals surface area contributed by atoms with Gasteiger partial charge in [-0.25, -0.2) is 0 Å². The molecule has 4 rings (SSSR count). The van der Waals surface area contributed by atoms with Gasteiger partial charge in [-0.3, -0.25) is 4.79 Å². The Morgan fingerprint density at radius 1 is 1.03 bits per heavy atom. The van der Waals surface area contributed by atoms with Crippen LogP contribution in [0.3, 0.4) is 0 Å². The molecule has 0 saturated heterocycles. The highest BCUT2D eigenvalue weighted by Gasteiger charge is 2.44. The monoisotopic (exact) mass is 415 g/mol. The summed E-state index contributed by atoms with van der Waals surface area (Å²) in [6.07, 6.45) is 8.11. The number of carboxylic acids is 1. The van der Waals surface area contributed by atoms with E-state index in [1.165, 1.54) is 29.6 Å². The number of carboxylic acid groups (broad SMARTS) is 1. The van der Waals surface area contributed by atoms with Gasteiger partial charge in [-0.1, -0.05) is 36.4 Å². The molecule has 2 aromatic rings. The number of carbonyl (C=O) groups is 1. The Balaban J connectivity index is 1.40. The first-order chi connectivity index (χ1) is 15.1. The molecule has 4 heteroatoms. The van der Waals surface area contributed by atoms with Crippen LogP contribution >= 0.6 is 0 Å². The van der Waals surface area contributed by atoms with E-state index in [0.717, 1.165) is 49.0 Å². The number of aliphatic carboxylic acids is 1. The van der Waals surface area contributed by atoms with Crippen LogP contribution in [0.2, 0.25) is 0 Å². The van der Waals surface area contributed by atoms with Gasteiger partial charge < -0.3 is 9.84 Å². The van der Waals surface area contributed by atoms with Crippen LogP contribution < -0.4 is 4.74 Å². The average molecular weight is 416 g/mol. The third-order valence-corrected chi connectivity index (χ3v) is 6.52. The number of nitriles is 1. The van der Waals surface area contributed by atoms with Crippen LogP contribution in [0.15, 0.2) is 54.1 Å². The number of allylic oxidation sites excluding steroid dienone is 1. The van der Waals surface area contributed by atoms with E-state index in [-0.39, 0.29) is 11.8 Å². The molecule has 2 aromatic carbocycles. The topological polar surface area (TPSA) is 70.3 Å². The van der Waals surface area contributed by atoms with E-state index < -0.39 is 5.97 Å². The number of benzene rings is 2. The van der Waals surface area contributed by atoms with Crippen molar-refractivity contribution in [2.45, 2.75) is 63.2 Å². The summed E-state index contributed by atoms with van der Waals surface area (Å²) in [6, 6.07) is 19.1. The minimum Gasteiger partial charge on any atom is -0.489 e. The van der Waals surface area contributed by atoms with E-state index >= 15 is 0 Å². The van der Waals surface area contributed by atoms with E-state index in [9.17, 15) is 10.1 Å². The summed E-state index contributed by atoms with van der Waals surface area (Å²) in [4.78, 5) is 10.6. The molecular formula is C27H29NO3. The predicted molar refractivity (Wildman–Crippen MR) is 121 cm³/mol. The van der Waals surface area contributed by atoms with Crippen molar-refractivity contribution in [2.75, 3.05) is 6.61 Å². The Hall–Kier alpha value is -3.06. The van der Waals surface area contributed by atoms with Crippen molar-refractivity contribution in [3.8, 4) is 11.8 Å². The zero-order chi connectivity index (χ0) is 21.7. The summed E-state index contributed by atoms with van der Waals surface area (Å²) in [5.41, 5.74) is 6.07. The minimum absolute atomic E-state index is 0.202. The van der Waals surface area contributed by atoms with Crippen molar-refractivity contribution >= 4 is 11.5 Å². The molecule has 4 nitrogen and oxygen atoms in total. The molecule has 0 unspecified atom stereocenters. The highest BCUT2D eigenvalue weighted by Crippen LogP contribution is 2.47. The van der Waals surface area contributed by atoms with Crippen LogP contribution in [0, 0.1) is 11.3 Å². The molecular weight excluding hydrogens is 386 g/mol. The van der Waals surface area contributed by atoms with Crippen molar-refractivity contribution in [1.29, 1.82) is 5.26 Å². The molecule has 0 bridgehead atoms. The molecule has 31 heavy (non-hydrogen) atoms. The van der Waals surface area contributed by atoms with Gasteiger partial charge in [0.05, 0.1) is 11.5 Å². The molecule has 2 aliphatic carbocycles. The van der Waals surface area contributed by atoms with Gasteiger partial charge in [0.1, 0.15) is 12.4 Å². The maximum atomic E-state index is 10.6. The van der Waals surface area contributed by atoms with Crippen molar-refractivity contribution in [3.05, 3.63) is 70.8 Å². The normalized spacial score (nSPS) is 17.1. The molecule has 0 spiro atoms. The summed E-state index contributed by atoms with van der Waals surface area (Å²) in [5, 5.41) is 18.2. The first-order valence-corrected chi connectivity index (χ1v) is 11.3. The summed E-state index contributed by atoms with van der Waals surface area (Å²) < 4.78 is 6.11. The van der Waals surface area contributed by atoms with Crippen molar-refractivity contribution in [1.82, 2.24) is 0 Å². The average Bonchev–Trinajstić information content (AvgIpc) is 3.60. The van der Waals surface area contributed by atoms with Gasteiger partial charge in [0, 0.05) is 6.42 Å². The van der Waals surface area contributed by atoms with Crippen LogP contribution in [0.5, 0.6) is 5.75 Å². The lowest BCUT2D eigenvalue weighted by atomic mass is 9.86. The van der Waals surface area contributed by atoms with Gasteiger partial charge in [0.15, 0.2) is 0 Å². The van der Waals surface area contributed by atoms with E-state index in [1.54, 1.807) is 0 Å². The lowest BCUT2D eigenvalue weighted by molar-refractivity contribution is -0.137. The molecule has 0 aromatic heterocycles. The predicted octanol–water partition coefficient (Wildman–Crippen LogP) is 6.06. The van der Waals surface area contributed by atoms with Crippen LogP contribution in [-0.4, -0.2) is 17.7 Å². The molecule has 160 valence electrons. The molecule has 0 radical (unpaired) electrons. The smallest absolute Gasteiger partial charge is 0.303 e. The van der Waals surface area contributed by atoms with Crippen LogP contribution in [0.4, 0.5) is 0 Å². The lowest BCUT2D eigenvalue weighted by Gasteiger charge is -2.22. The van der Waals surface area contributed by atoms with E-state index in [4.69, 9.17) is 9.84 Å². The molecule has 0 atom stereocenters. The Morgan fingerprint density at radius 3 is 2.39 bits per heavy atom. The first kappa shape index (κ1) is 21.2. The molecule has 0 amide bonds. The van der Waals surface area contributed by atoms with E-state index in [0.29, 0.717) is 13.0 Å². The molecule has 0 aliphatic heterocycles. The van der Waals surface area contributed by atoms with Gasteiger partial charge >= 0.3 is 5.97 Å². The van der Waals surface area contributed by atoms with Crippen LogP contribution in [0.1, 0.15) is 68.1 Å². The molecule has 1 N–H and O–H groups in total. The minimum atomic E-state index is -0.747. The number of aryl methyl sites for hydroxylation is 1. The standard InChI is InChI=1S/C27H29NO3/c28-19-27(16-17-27)23-12-10-21(11-13-23)25-6-2-1-5-22(25)18-31-24-14-8-20(9-15-24)4-3-7-26(29)30/h8-15H,1-7,16-18H2,(H,29,30). The number of rotatable bonds is 9. The van der Waals surface area contributed by atoms with Gasteiger partial charge in [0.25, 0.3) is 0 Å². The van der Waals surface area contributed by atoms with Gasteiger partial charge in [-0.05, 0) is 91.3 Å². The lowest BCUT2D eigenvalue weighted by Crippen LogP contribution is -2.09. The second-order valence-electron chi connectivity index (χ2n) is 8.74. The third kappa shape index (κ3) is 5.17. The molecule has 1 saturated carbocycles. The quantitative estimate of drug-likeness (QED) is 0.541. The van der Waals surface area contributed by atoms with E-state index in [2.05, 4.69) is 30.3 Å². The summed E-state index contributed by atoms with van der Waals surface area (Å²) in [6.45, 7) is 0.595. The Kier molecular flexibility index (Phi) is 6.42. The SMILES string of the molecule is N#CC1(c2ccc(C3=C(COc4ccc(CCCC(=O)O)cc4)CCCC3)cc2)CC1. The fraction of sp³-hybridized carbons (Fsp3) is 0.407. The largest absolute Gasteiger partial charge is 0.489 e. The summed E-state index contributed by atoms with van der Waals surface area (Å²) in [7, 11) is 0. The number of nitrogens with zero attached hydrogens (tertiary/aromatic N) is 1.